The van der Waals surface area contributed by atoms with Crippen LogP contribution in [0.5, 0.6) is 5.75 Å². The van der Waals surface area contributed by atoms with E-state index in [9.17, 15) is 9.59 Å². The second-order valence-corrected chi connectivity index (χ2v) is 8.70. The SMILES string of the molecule is COc1ccc(CCC(=O)N2CC3CNC(CCCC(=O)N(C)C)C(C3)C2)cc1. The summed E-state index contributed by atoms with van der Waals surface area (Å²) in [4.78, 5) is 28.4. The van der Waals surface area contributed by atoms with Crippen LogP contribution in [-0.4, -0.2) is 68.5 Å². The number of benzene rings is 1. The van der Waals surface area contributed by atoms with E-state index in [0.29, 0.717) is 30.7 Å². The Morgan fingerprint density at radius 1 is 1.17 bits per heavy atom. The highest BCUT2D eigenvalue weighted by Gasteiger charge is 2.37. The molecule has 0 radical (unpaired) electrons. The first-order chi connectivity index (χ1) is 14.0. The third-order valence-electron chi connectivity index (χ3n) is 6.35. The van der Waals surface area contributed by atoms with Gasteiger partial charge in [0.1, 0.15) is 5.75 Å². The van der Waals surface area contributed by atoms with Gasteiger partial charge >= 0.3 is 0 Å². The number of carbonyl (C=O) groups is 2. The van der Waals surface area contributed by atoms with Crippen molar-refractivity contribution in [1.29, 1.82) is 0 Å². The zero-order chi connectivity index (χ0) is 20.8. The van der Waals surface area contributed by atoms with E-state index in [2.05, 4.69) is 10.2 Å². The number of hydrogen-bond acceptors (Lipinski definition) is 4. The fourth-order valence-electron chi connectivity index (χ4n) is 4.61. The van der Waals surface area contributed by atoms with Crippen molar-refractivity contribution in [2.45, 2.75) is 44.6 Å². The number of nitrogens with one attached hydrogen (secondary N) is 1. The lowest BCUT2D eigenvalue weighted by Gasteiger charge is -2.46. The van der Waals surface area contributed by atoms with Crippen LogP contribution in [0.15, 0.2) is 24.3 Å². The lowest BCUT2D eigenvalue weighted by atomic mass is 9.79. The van der Waals surface area contributed by atoms with E-state index in [0.717, 1.165) is 44.6 Å². The van der Waals surface area contributed by atoms with Gasteiger partial charge in [0, 0.05) is 46.1 Å². The molecule has 0 spiro atoms. The van der Waals surface area contributed by atoms with Crippen molar-refractivity contribution in [2.24, 2.45) is 11.8 Å². The summed E-state index contributed by atoms with van der Waals surface area (Å²) in [7, 11) is 5.28. The maximum atomic E-state index is 12.8. The van der Waals surface area contributed by atoms with Crippen LogP contribution >= 0.6 is 0 Å². The fourth-order valence-corrected chi connectivity index (χ4v) is 4.61. The predicted octanol–water partition coefficient (Wildman–Crippen LogP) is 2.32. The van der Waals surface area contributed by atoms with E-state index in [-0.39, 0.29) is 11.8 Å². The van der Waals surface area contributed by atoms with Crippen molar-refractivity contribution >= 4 is 11.8 Å². The molecule has 2 heterocycles. The Morgan fingerprint density at radius 2 is 1.93 bits per heavy atom. The molecule has 0 aliphatic carbocycles. The van der Waals surface area contributed by atoms with E-state index >= 15 is 0 Å². The standard InChI is InChI=1S/C23H35N3O3/c1-25(2)22(27)6-4-5-21-19-13-18(14-24-21)15-26(16-19)23(28)12-9-17-7-10-20(29-3)11-8-17/h7-8,10-11,18-19,21,24H,4-6,9,12-16H2,1-3H3. The van der Waals surface area contributed by atoms with Crippen LogP contribution in [0.2, 0.25) is 0 Å². The maximum Gasteiger partial charge on any atom is 0.222 e. The summed E-state index contributed by atoms with van der Waals surface area (Å²) >= 11 is 0. The second kappa shape index (κ2) is 10.1. The molecule has 3 unspecified atom stereocenters. The minimum atomic E-state index is 0.192. The van der Waals surface area contributed by atoms with Crippen molar-refractivity contribution in [2.75, 3.05) is 40.8 Å². The molecule has 3 rings (SSSR count). The van der Waals surface area contributed by atoms with E-state index in [4.69, 9.17) is 4.74 Å². The van der Waals surface area contributed by atoms with Gasteiger partial charge in [0.25, 0.3) is 0 Å². The Balaban J connectivity index is 1.47. The summed E-state index contributed by atoms with van der Waals surface area (Å²) in [5, 5.41) is 3.68. The summed E-state index contributed by atoms with van der Waals surface area (Å²) in [6.45, 7) is 2.69. The zero-order valence-electron chi connectivity index (χ0n) is 18.0. The number of nitrogens with zero attached hydrogens (tertiary/aromatic N) is 2. The summed E-state index contributed by atoms with van der Waals surface area (Å²) in [5.74, 6) is 2.35. The van der Waals surface area contributed by atoms with Gasteiger partial charge in [-0.2, -0.15) is 0 Å². The van der Waals surface area contributed by atoms with Gasteiger partial charge in [0.2, 0.25) is 11.8 Å². The number of ether oxygens (including phenoxy) is 1. The van der Waals surface area contributed by atoms with Crippen LogP contribution in [0.3, 0.4) is 0 Å². The van der Waals surface area contributed by atoms with Gasteiger partial charge in [-0.3, -0.25) is 9.59 Å². The molecule has 160 valence electrons. The first-order valence-corrected chi connectivity index (χ1v) is 10.8. The smallest absolute Gasteiger partial charge is 0.222 e. The molecule has 6 nitrogen and oxygen atoms in total. The van der Waals surface area contributed by atoms with Gasteiger partial charge in [-0.25, -0.2) is 0 Å². The van der Waals surface area contributed by atoms with Crippen LogP contribution in [0.4, 0.5) is 0 Å². The zero-order valence-corrected chi connectivity index (χ0v) is 18.0. The van der Waals surface area contributed by atoms with Crippen molar-refractivity contribution in [1.82, 2.24) is 15.1 Å². The van der Waals surface area contributed by atoms with Crippen molar-refractivity contribution in [3.63, 3.8) is 0 Å². The number of carbonyl (C=O) groups excluding carboxylic acids is 2. The average Bonchev–Trinajstić information content (AvgIpc) is 2.73. The summed E-state index contributed by atoms with van der Waals surface area (Å²) in [6.07, 6.45) is 5.03. The molecular weight excluding hydrogens is 366 g/mol. The van der Waals surface area contributed by atoms with Crippen LogP contribution in [0, 0.1) is 11.8 Å². The third-order valence-corrected chi connectivity index (χ3v) is 6.35. The minimum absolute atomic E-state index is 0.192. The van der Waals surface area contributed by atoms with Crippen molar-refractivity contribution < 1.29 is 14.3 Å². The highest BCUT2D eigenvalue weighted by atomic mass is 16.5. The fraction of sp³-hybridized carbons (Fsp3) is 0.652. The number of likely N-dealkylation sites (tertiary alicyclic amines) is 1. The number of rotatable bonds is 8. The van der Waals surface area contributed by atoms with E-state index in [1.54, 1.807) is 12.0 Å². The molecule has 0 aromatic heterocycles. The minimum Gasteiger partial charge on any atom is -0.497 e. The molecule has 2 saturated heterocycles. The molecule has 1 aromatic rings. The van der Waals surface area contributed by atoms with Crippen LogP contribution in [-0.2, 0) is 16.0 Å². The van der Waals surface area contributed by atoms with Gasteiger partial charge in [-0.15, -0.1) is 0 Å². The second-order valence-electron chi connectivity index (χ2n) is 8.70. The van der Waals surface area contributed by atoms with Crippen LogP contribution in [0.1, 0.15) is 37.7 Å². The topological polar surface area (TPSA) is 61.9 Å². The number of aryl methyl sites for hydroxylation is 1. The third kappa shape index (κ3) is 5.95. The molecule has 1 aromatic carbocycles. The van der Waals surface area contributed by atoms with Gasteiger partial charge in [-0.1, -0.05) is 12.1 Å². The molecule has 3 atom stereocenters. The summed E-state index contributed by atoms with van der Waals surface area (Å²) < 4.78 is 5.19. The van der Waals surface area contributed by atoms with E-state index < -0.39 is 0 Å². The highest BCUT2D eigenvalue weighted by molar-refractivity contribution is 5.76. The molecule has 2 aliphatic rings. The predicted molar refractivity (Wildman–Crippen MR) is 114 cm³/mol. The Labute approximate surface area is 174 Å². The molecular formula is C23H35N3O3. The van der Waals surface area contributed by atoms with E-state index in [1.807, 2.05) is 38.4 Å². The van der Waals surface area contributed by atoms with Crippen molar-refractivity contribution in [3.8, 4) is 5.75 Å². The molecule has 2 fully saturated rings. The molecule has 0 saturated carbocycles. The molecule has 2 aliphatic heterocycles. The molecule has 2 bridgehead atoms. The lowest BCUT2D eigenvalue weighted by molar-refractivity contribution is -0.135. The van der Waals surface area contributed by atoms with Crippen LogP contribution in [0.25, 0.3) is 0 Å². The van der Waals surface area contributed by atoms with Gasteiger partial charge < -0.3 is 19.9 Å². The first kappa shape index (κ1) is 21.6. The Morgan fingerprint density at radius 3 is 2.62 bits per heavy atom. The normalized spacial score (nSPS) is 23.6. The summed E-state index contributed by atoms with van der Waals surface area (Å²) in [6, 6.07) is 8.38. The Hall–Kier alpha value is -2.08. The van der Waals surface area contributed by atoms with Gasteiger partial charge in [0.15, 0.2) is 0 Å². The molecule has 6 heteroatoms. The van der Waals surface area contributed by atoms with Gasteiger partial charge in [0.05, 0.1) is 7.11 Å². The quantitative estimate of drug-likeness (QED) is 0.726. The largest absolute Gasteiger partial charge is 0.497 e. The van der Waals surface area contributed by atoms with Gasteiger partial charge in [-0.05, 0) is 61.8 Å². The lowest BCUT2D eigenvalue weighted by Crippen LogP contribution is -2.57. The molecule has 2 amide bonds. The van der Waals surface area contributed by atoms with Crippen LogP contribution < -0.4 is 10.1 Å². The number of amides is 2. The Kier molecular flexibility index (Phi) is 7.53. The van der Waals surface area contributed by atoms with E-state index in [1.165, 1.54) is 12.0 Å². The molecule has 1 N–H and O–H groups in total. The Bertz CT molecular complexity index is 689. The van der Waals surface area contributed by atoms with Crippen molar-refractivity contribution in [3.05, 3.63) is 29.8 Å². The number of hydrogen-bond donors (Lipinski definition) is 1. The number of methoxy groups -OCH3 is 1. The molecule has 29 heavy (non-hydrogen) atoms. The average molecular weight is 402 g/mol. The maximum absolute atomic E-state index is 12.8. The first-order valence-electron chi connectivity index (χ1n) is 10.8. The number of piperidine rings is 2. The summed E-state index contributed by atoms with van der Waals surface area (Å²) in [5.41, 5.74) is 1.17. The number of fused-ring (bicyclic) bond motifs is 2. The highest BCUT2D eigenvalue weighted by Crippen LogP contribution is 2.31. The monoisotopic (exact) mass is 401 g/mol.